The summed E-state index contributed by atoms with van der Waals surface area (Å²) in [6.45, 7) is 7.28. The van der Waals surface area contributed by atoms with Crippen LogP contribution in [0.15, 0.2) is 9.80 Å². The van der Waals surface area contributed by atoms with Crippen LogP contribution in [0.2, 0.25) is 0 Å². The van der Waals surface area contributed by atoms with Crippen LogP contribution in [0.25, 0.3) is 0 Å². The molecule has 0 radical (unpaired) electrons. The van der Waals surface area contributed by atoms with E-state index >= 15 is 0 Å². The van der Waals surface area contributed by atoms with Gasteiger partial charge in [-0.3, -0.25) is 0 Å². The molecular weight excluding hydrogens is 222 g/mol. The molecule has 2 aromatic heterocycles. The molecule has 0 spiro atoms. The first-order valence-corrected chi connectivity index (χ1v) is 6.08. The summed E-state index contributed by atoms with van der Waals surface area (Å²) in [4.78, 5) is 8.67. The smallest absolute Gasteiger partial charge is 0.208 e. The van der Waals surface area contributed by atoms with Crippen molar-refractivity contribution in [2.75, 3.05) is 0 Å². The molecule has 0 fully saturated rings. The number of aromatic nitrogens is 2. The summed E-state index contributed by atoms with van der Waals surface area (Å²) >= 11 is 1.67. The van der Waals surface area contributed by atoms with Gasteiger partial charge in [-0.15, -0.1) is 11.3 Å². The minimum absolute atomic E-state index is 0.644. The van der Waals surface area contributed by atoms with Gasteiger partial charge in [-0.05, 0) is 20.8 Å². The Hall–Kier alpha value is -1.20. The van der Waals surface area contributed by atoms with Gasteiger partial charge in [0.05, 0.1) is 22.9 Å². The first kappa shape index (κ1) is 11.3. The third-order valence-electron chi connectivity index (χ3n) is 2.32. The molecule has 0 saturated carbocycles. The molecule has 1 N–H and O–H groups in total. The molecule has 0 aliphatic heterocycles. The lowest BCUT2D eigenvalue weighted by atomic mass is 10.4. The number of hydrogen-bond acceptors (Lipinski definition) is 5. The highest BCUT2D eigenvalue weighted by molar-refractivity contribution is 7.09. The average molecular weight is 237 g/mol. The largest absolute Gasteiger partial charge is 0.444 e. The summed E-state index contributed by atoms with van der Waals surface area (Å²) in [5.74, 6) is 1.63. The summed E-state index contributed by atoms with van der Waals surface area (Å²) < 4.78 is 5.47. The Kier molecular flexibility index (Phi) is 3.36. The maximum absolute atomic E-state index is 5.47. The number of rotatable bonds is 4. The molecule has 2 heterocycles. The summed E-state index contributed by atoms with van der Waals surface area (Å²) in [6, 6.07) is 0. The second-order valence-corrected chi connectivity index (χ2v) is 4.77. The molecule has 16 heavy (non-hydrogen) atoms. The third-order valence-corrected chi connectivity index (χ3v) is 3.14. The summed E-state index contributed by atoms with van der Waals surface area (Å²) in [5.41, 5.74) is 2.03. The zero-order chi connectivity index (χ0) is 11.5. The molecule has 0 aliphatic carbocycles. The fourth-order valence-corrected chi connectivity index (χ4v) is 2.01. The van der Waals surface area contributed by atoms with Gasteiger partial charge in [-0.2, -0.15) is 0 Å². The van der Waals surface area contributed by atoms with Crippen molar-refractivity contribution in [2.45, 2.75) is 33.9 Å². The first-order valence-electron chi connectivity index (χ1n) is 5.20. The van der Waals surface area contributed by atoms with Crippen LogP contribution in [-0.2, 0) is 13.1 Å². The molecule has 0 bridgehead atoms. The van der Waals surface area contributed by atoms with Crippen LogP contribution in [0.3, 0.4) is 0 Å². The second kappa shape index (κ2) is 4.76. The fourth-order valence-electron chi connectivity index (χ4n) is 1.40. The monoisotopic (exact) mass is 237 g/mol. The minimum Gasteiger partial charge on any atom is -0.444 e. The predicted molar refractivity (Wildman–Crippen MR) is 63.4 cm³/mol. The molecule has 2 aromatic rings. The molecule has 0 amide bonds. The Bertz CT molecular complexity index is 456. The van der Waals surface area contributed by atoms with Crippen molar-refractivity contribution in [1.29, 1.82) is 0 Å². The Morgan fingerprint density at radius 2 is 2.06 bits per heavy atom. The number of oxazole rings is 1. The molecule has 4 nitrogen and oxygen atoms in total. The Morgan fingerprint density at radius 1 is 1.25 bits per heavy atom. The van der Waals surface area contributed by atoms with E-state index in [2.05, 4.69) is 20.7 Å². The molecule has 0 atom stereocenters. The zero-order valence-corrected chi connectivity index (χ0v) is 10.5. The van der Waals surface area contributed by atoms with Crippen LogP contribution >= 0.6 is 11.3 Å². The van der Waals surface area contributed by atoms with Gasteiger partial charge >= 0.3 is 0 Å². The molecule has 0 aliphatic rings. The van der Waals surface area contributed by atoms with Gasteiger partial charge in [0.25, 0.3) is 0 Å². The Morgan fingerprint density at radius 3 is 2.62 bits per heavy atom. The van der Waals surface area contributed by atoms with E-state index in [-0.39, 0.29) is 0 Å². The van der Waals surface area contributed by atoms with Crippen molar-refractivity contribution in [1.82, 2.24) is 15.3 Å². The normalized spacial score (nSPS) is 10.9. The average Bonchev–Trinajstić information content (AvgIpc) is 2.75. The number of nitrogens with one attached hydrogen (secondary N) is 1. The van der Waals surface area contributed by atoms with Crippen LogP contribution < -0.4 is 5.32 Å². The van der Waals surface area contributed by atoms with Crippen LogP contribution in [-0.4, -0.2) is 9.97 Å². The highest BCUT2D eigenvalue weighted by Crippen LogP contribution is 2.09. The molecule has 0 unspecified atom stereocenters. The predicted octanol–water partition coefficient (Wildman–Crippen LogP) is 2.35. The lowest BCUT2D eigenvalue weighted by Gasteiger charge is -1.98. The van der Waals surface area contributed by atoms with Gasteiger partial charge in [-0.25, -0.2) is 9.97 Å². The molecule has 86 valence electrons. The summed E-state index contributed by atoms with van der Waals surface area (Å²) in [7, 11) is 0. The van der Waals surface area contributed by atoms with Crippen molar-refractivity contribution in [2.24, 2.45) is 0 Å². The minimum atomic E-state index is 0.644. The zero-order valence-electron chi connectivity index (χ0n) is 9.70. The van der Waals surface area contributed by atoms with E-state index in [1.54, 1.807) is 11.3 Å². The Labute approximate surface area is 98.7 Å². The van der Waals surface area contributed by atoms with Crippen LogP contribution in [0.4, 0.5) is 0 Å². The van der Waals surface area contributed by atoms with E-state index in [0.717, 1.165) is 34.6 Å². The van der Waals surface area contributed by atoms with Gasteiger partial charge < -0.3 is 9.73 Å². The van der Waals surface area contributed by atoms with Crippen molar-refractivity contribution in [3.8, 4) is 0 Å². The number of hydrogen-bond donors (Lipinski definition) is 1. The molecular formula is C11H15N3OS. The third kappa shape index (κ3) is 2.68. The van der Waals surface area contributed by atoms with Gasteiger partial charge in [0.1, 0.15) is 5.76 Å². The maximum Gasteiger partial charge on any atom is 0.208 e. The molecule has 0 aromatic carbocycles. The lowest BCUT2D eigenvalue weighted by Crippen LogP contribution is -2.13. The number of thiazole rings is 1. The quantitative estimate of drug-likeness (QED) is 0.886. The maximum atomic E-state index is 5.47. The van der Waals surface area contributed by atoms with Gasteiger partial charge in [0.15, 0.2) is 0 Å². The van der Waals surface area contributed by atoms with E-state index in [1.807, 2.05) is 20.8 Å². The molecule has 5 heteroatoms. The number of aryl methyl sites for hydroxylation is 3. The van der Waals surface area contributed by atoms with Gasteiger partial charge in [0.2, 0.25) is 5.89 Å². The van der Waals surface area contributed by atoms with Crippen molar-refractivity contribution in [3.63, 3.8) is 0 Å². The summed E-state index contributed by atoms with van der Waals surface area (Å²) in [5, 5.41) is 6.42. The van der Waals surface area contributed by atoms with E-state index in [9.17, 15) is 0 Å². The van der Waals surface area contributed by atoms with Gasteiger partial charge in [-0.1, -0.05) is 0 Å². The second-order valence-electron chi connectivity index (χ2n) is 3.71. The molecule has 2 rings (SSSR count). The fraction of sp³-hybridized carbons (Fsp3) is 0.455. The van der Waals surface area contributed by atoms with Crippen LogP contribution in [0.5, 0.6) is 0 Å². The van der Waals surface area contributed by atoms with Crippen molar-refractivity contribution >= 4 is 11.3 Å². The van der Waals surface area contributed by atoms with Crippen molar-refractivity contribution < 1.29 is 4.42 Å². The molecule has 0 saturated heterocycles. The Balaban J connectivity index is 1.84. The van der Waals surface area contributed by atoms with Crippen LogP contribution in [0, 0.1) is 20.8 Å². The topological polar surface area (TPSA) is 51.0 Å². The lowest BCUT2D eigenvalue weighted by molar-refractivity contribution is 0.448. The SMILES string of the molecule is Cc1nc(CNCc2nc(C)c(C)o2)cs1. The first-order chi connectivity index (χ1) is 7.65. The van der Waals surface area contributed by atoms with E-state index in [4.69, 9.17) is 4.42 Å². The van der Waals surface area contributed by atoms with Gasteiger partial charge in [0, 0.05) is 11.9 Å². The summed E-state index contributed by atoms with van der Waals surface area (Å²) in [6.07, 6.45) is 0. The highest BCUT2D eigenvalue weighted by atomic mass is 32.1. The van der Waals surface area contributed by atoms with E-state index < -0.39 is 0 Å². The van der Waals surface area contributed by atoms with Crippen molar-refractivity contribution in [3.05, 3.63) is 33.4 Å². The van der Waals surface area contributed by atoms with E-state index in [1.165, 1.54) is 0 Å². The number of nitrogens with zero attached hydrogens (tertiary/aromatic N) is 2. The van der Waals surface area contributed by atoms with Crippen LogP contribution in [0.1, 0.15) is 28.0 Å². The van der Waals surface area contributed by atoms with E-state index in [0.29, 0.717) is 6.54 Å². The highest BCUT2D eigenvalue weighted by Gasteiger charge is 2.05. The standard InChI is InChI=1S/C11H15N3OS/c1-7-8(2)15-11(13-7)5-12-4-10-6-16-9(3)14-10/h6,12H,4-5H2,1-3H3.